The van der Waals surface area contributed by atoms with Crippen LogP contribution in [0.5, 0.6) is 5.75 Å². The van der Waals surface area contributed by atoms with Gasteiger partial charge in [0, 0.05) is 41.9 Å². The summed E-state index contributed by atoms with van der Waals surface area (Å²) in [6.07, 6.45) is 1.11. The van der Waals surface area contributed by atoms with Gasteiger partial charge in [-0.05, 0) is 43.4 Å². The second kappa shape index (κ2) is 9.47. The number of thioether (sulfide) groups is 1. The van der Waals surface area contributed by atoms with E-state index in [2.05, 4.69) is 15.2 Å². The molecule has 2 aromatic rings. The zero-order chi connectivity index (χ0) is 20.1. The molecule has 1 amide bonds. The van der Waals surface area contributed by atoms with E-state index in [0.717, 1.165) is 60.7 Å². The summed E-state index contributed by atoms with van der Waals surface area (Å²) in [5.41, 5.74) is 1.64. The summed E-state index contributed by atoms with van der Waals surface area (Å²) in [7, 11) is 0. The first-order valence-electron chi connectivity index (χ1n) is 9.97. The zero-order valence-corrected chi connectivity index (χ0v) is 18.3. The molecule has 0 aliphatic carbocycles. The second-order valence-electron chi connectivity index (χ2n) is 7.48. The van der Waals surface area contributed by atoms with Crippen molar-refractivity contribution in [3.05, 3.63) is 45.9 Å². The van der Waals surface area contributed by atoms with Crippen molar-refractivity contribution in [2.75, 3.05) is 44.4 Å². The molecule has 6 nitrogen and oxygen atoms in total. The SMILES string of the molecule is Cc1nc(COc2ccc(C(=O)NCC3(N4CCOCC4)CCSC3)cc2)cs1. The minimum atomic E-state index is -0.0313. The number of nitrogens with one attached hydrogen (secondary N) is 1. The number of morpholine rings is 1. The maximum Gasteiger partial charge on any atom is 0.251 e. The largest absolute Gasteiger partial charge is 0.487 e. The van der Waals surface area contributed by atoms with Gasteiger partial charge in [-0.25, -0.2) is 4.98 Å². The molecule has 0 bridgehead atoms. The molecular weight excluding hydrogens is 406 g/mol. The quantitative estimate of drug-likeness (QED) is 0.724. The lowest BCUT2D eigenvalue weighted by Crippen LogP contribution is -2.59. The van der Waals surface area contributed by atoms with Crippen LogP contribution in [0.15, 0.2) is 29.6 Å². The molecule has 0 spiro atoms. The van der Waals surface area contributed by atoms with Gasteiger partial charge in [-0.2, -0.15) is 11.8 Å². The van der Waals surface area contributed by atoms with Crippen molar-refractivity contribution < 1.29 is 14.3 Å². The number of benzene rings is 1. The highest BCUT2D eigenvalue weighted by Gasteiger charge is 2.40. The number of aryl methyl sites for hydroxylation is 1. The Morgan fingerprint density at radius 1 is 1.31 bits per heavy atom. The lowest BCUT2D eigenvalue weighted by molar-refractivity contribution is -0.0129. The summed E-state index contributed by atoms with van der Waals surface area (Å²) < 4.78 is 11.3. The Kier molecular flexibility index (Phi) is 6.74. The number of hydrogen-bond donors (Lipinski definition) is 1. The molecule has 2 saturated heterocycles. The summed E-state index contributed by atoms with van der Waals surface area (Å²) in [4.78, 5) is 19.6. The highest BCUT2D eigenvalue weighted by Crippen LogP contribution is 2.33. The Morgan fingerprint density at radius 3 is 2.76 bits per heavy atom. The van der Waals surface area contributed by atoms with Gasteiger partial charge in [0.05, 0.1) is 23.9 Å². The molecule has 2 aliphatic rings. The number of nitrogens with zero attached hydrogens (tertiary/aromatic N) is 2. The molecule has 29 heavy (non-hydrogen) atoms. The molecule has 1 aromatic heterocycles. The smallest absolute Gasteiger partial charge is 0.251 e. The van der Waals surface area contributed by atoms with E-state index in [4.69, 9.17) is 9.47 Å². The fourth-order valence-corrected chi connectivity index (χ4v) is 5.89. The van der Waals surface area contributed by atoms with E-state index in [9.17, 15) is 4.79 Å². The third-order valence-electron chi connectivity index (χ3n) is 5.51. The van der Waals surface area contributed by atoms with Crippen LogP contribution in [0.4, 0.5) is 0 Å². The van der Waals surface area contributed by atoms with E-state index in [-0.39, 0.29) is 11.4 Å². The maximum absolute atomic E-state index is 12.7. The maximum atomic E-state index is 12.7. The summed E-state index contributed by atoms with van der Waals surface area (Å²) in [6, 6.07) is 7.33. The molecule has 1 atom stereocenters. The van der Waals surface area contributed by atoms with Gasteiger partial charge in [-0.3, -0.25) is 9.69 Å². The summed E-state index contributed by atoms with van der Waals surface area (Å²) in [5, 5.41) is 6.21. The van der Waals surface area contributed by atoms with Gasteiger partial charge in [0.1, 0.15) is 12.4 Å². The number of carbonyl (C=O) groups is 1. The van der Waals surface area contributed by atoms with Crippen molar-refractivity contribution in [2.24, 2.45) is 0 Å². The van der Waals surface area contributed by atoms with Gasteiger partial charge < -0.3 is 14.8 Å². The fraction of sp³-hybridized carbons (Fsp3) is 0.524. The third-order valence-corrected chi connectivity index (χ3v) is 7.57. The van der Waals surface area contributed by atoms with Crippen molar-refractivity contribution in [2.45, 2.75) is 25.5 Å². The van der Waals surface area contributed by atoms with E-state index in [1.165, 1.54) is 0 Å². The van der Waals surface area contributed by atoms with E-state index < -0.39 is 0 Å². The number of aromatic nitrogens is 1. The molecule has 1 N–H and O–H groups in total. The fourth-order valence-electron chi connectivity index (χ4n) is 3.82. The van der Waals surface area contributed by atoms with Crippen molar-refractivity contribution in [3.8, 4) is 5.75 Å². The van der Waals surface area contributed by atoms with Crippen LogP contribution < -0.4 is 10.1 Å². The molecule has 156 valence electrons. The summed E-state index contributed by atoms with van der Waals surface area (Å²) >= 11 is 3.59. The second-order valence-corrected chi connectivity index (χ2v) is 9.65. The Hall–Kier alpha value is -1.61. The number of amides is 1. The molecule has 2 aliphatic heterocycles. The molecule has 3 heterocycles. The van der Waals surface area contributed by atoms with Crippen LogP contribution in [0, 0.1) is 6.92 Å². The van der Waals surface area contributed by atoms with E-state index in [1.54, 1.807) is 11.3 Å². The average molecular weight is 434 g/mol. The Bertz CT molecular complexity index is 813. The van der Waals surface area contributed by atoms with Gasteiger partial charge in [0.25, 0.3) is 5.91 Å². The highest BCUT2D eigenvalue weighted by atomic mass is 32.2. The van der Waals surface area contributed by atoms with Gasteiger partial charge in [0.2, 0.25) is 0 Å². The molecular formula is C21H27N3O3S2. The standard InChI is InChI=1S/C21H27N3O3S2/c1-16-23-18(13-29-16)12-27-19-4-2-17(3-5-19)20(25)22-14-21(6-11-28-15-21)24-7-9-26-10-8-24/h2-5,13H,6-12,14-15H2,1H3,(H,22,25). The first kappa shape index (κ1) is 20.7. The molecule has 0 saturated carbocycles. The van der Waals surface area contributed by atoms with Crippen molar-refractivity contribution >= 4 is 29.0 Å². The summed E-state index contributed by atoms with van der Waals surface area (Å²) in [6.45, 7) is 6.55. The topological polar surface area (TPSA) is 63.7 Å². The van der Waals surface area contributed by atoms with Crippen LogP contribution in [-0.4, -0.2) is 65.7 Å². The first-order valence-corrected chi connectivity index (χ1v) is 12.0. The van der Waals surface area contributed by atoms with Gasteiger partial charge >= 0.3 is 0 Å². The van der Waals surface area contributed by atoms with Crippen molar-refractivity contribution in [1.29, 1.82) is 0 Å². The minimum absolute atomic E-state index is 0.0313. The molecule has 0 radical (unpaired) electrons. The first-order chi connectivity index (χ1) is 14.1. The number of hydrogen-bond acceptors (Lipinski definition) is 7. The van der Waals surface area contributed by atoms with Crippen LogP contribution >= 0.6 is 23.1 Å². The third kappa shape index (κ3) is 5.12. The predicted molar refractivity (Wildman–Crippen MR) is 117 cm³/mol. The highest BCUT2D eigenvalue weighted by molar-refractivity contribution is 7.99. The normalized spacial score (nSPS) is 22.5. The van der Waals surface area contributed by atoms with Crippen LogP contribution in [0.3, 0.4) is 0 Å². The zero-order valence-electron chi connectivity index (χ0n) is 16.7. The van der Waals surface area contributed by atoms with E-state index in [0.29, 0.717) is 18.7 Å². The Labute approximate surface area is 180 Å². The van der Waals surface area contributed by atoms with Crippen LogP contribution in [0.25, 0.3) is 0 Å². The lowest BCUT2D eigenvalue weighted by atomic mass is 9.95. The Balaban J connectivity index is 1.31. The number of thiazole rings is 1. The van der Waals surface area contributed by atoms with Crippen molar-refractivity contribution in [1.82, 2.24) is 15.2 Å². The monoisotopic (exact) mass is 433 g/mol. The van der Waals surface area contributed by atoms with Crippen molar-refractivity contribution in [3.63, 3.8) is 0 Å². The average Bonchev–Trinajstić information content (AvgIpc) is 3.41. The predicted octanol–water partition coefficient (Wildman–Crippen LogP) is 2.97. The minimum Gasteiger partial charge on any atom is -0.487 e. The lowest BCUT2D eigenvalue weighted by Gasteiger charge is -2.43. The van der Waals surface area contributed by atoms with E-state index in [1.807, 2.05) is 48.3 Å². The molecule has 8 heteroatoms. The number of rotatable bonds is 7. The van der Waals surface area contributed by atoms with Gasteiger partial charge in [-0.1, -0.05) is 0 Å². The molecule has 1 aromatic carbocycles. The Morgan fingerprint density at radius 2 is 2.10 bits per heavy atom. The summed E-state index contributed by atoms with van der Waals surface area (Å²) in [5.74, 6) is 2.92. The van der Waals surface area contributed by atoms with Crippen LogP contribution in [0.1, 0.15) is 27.5 Å². The number of carbonyl (C=O) groups excluding carboxylic acids is 1. The number of ether oxygens (including phenoxy) is 2. The van der Waals surface area contributed by atoms with Gasteiger partial charge in [-0.15, -0.1) is 11.3 Å². The van der Waals surface area contributed by atoms with E-state index >= 15 is 0 Å². The van der Waals surface area contributed by atoms with Crippen LogP contribution in [0.2, 0.25) is 0 Å². The molecule has 1 unspecified atom stereocenters. The van der Waals surface area contributed by atoms with Gasteiger partial charge in [0.15, 0.2) is 0 Å². The van der Waals surface area contributed by atoms with Crippen LogP contribution in [-0.2, 0) is 11.3 Å². The molecule has 2 fully saturated rings. The molecule has 4 rings (SSSR count).